The monoisotopic (exact) mass is 434 g/mol. The molecule has 0 radical (unpaired) electrons. The molecule has 0 bridgehead atoms. The first kappa shape index (κ1) is 22.8. The molecule has 1 fully saturated rings. The molecule has 2 N–H and O–H groups in total. The molecule has 1 saturated heterocycles. The van der Waals surface area contributed by atoms with Gasteiger partial charge in [0.15, 0.2) is 5.69 Å². The van der Waals surface area contributed by atoms with Crippen molar-refractivity contribution in [3.05, 3.63) is 77.9 Å². The Labute approximate surface area is 182 Å². The third kappa shape index (κ3) is 5.53. The molecule has 3 aromatic rings. The average Bonchev–Trinajstić information content (AvgIpc) is 3.24. The van der Waals surface area contributed by atoms with Crippen LogP contribution in [-0.2, 0) is 0 Å². The van der Waals surface area contributed by atoms with Crippen LogP contribution in [-0.4, -0.2) is 39.0 Å². The molecule has 1 aromatic carbocycles. The second-order valence-corrected chi connectivity index (χ2v) is 6.66. The molecular weight excluding hydrogens is 411 g/mol. The van der Waals surface area contributed by atoms with E-state index in [0.717, 1.165) is 37.1 Å². The number of hydrogen-bond acceptors (Lipinski definition) is 5. The van der Waals surface area contributed by atoms with E-state index >= 15 is 0 Å². The maximum Gasteiger partial charge on any atom is 0.274 e. The number of rotatable bonds is 5. The van der Waals surface area contributed by atoms with Gasteiger partial charge in [0.1, 0.15) is 0 Å². The lowest BCUT2D eigenvalue weighted by Crippen LogP contribution is -2.30. The predicted octanol–water partition coefficient (Wildman–Crippen LogP) is 2.96. The molecule has 4 rings (SSSR count). The number of halogens is 2. The minimum absolute atomic E-state index is 0. The van der Waals surface area contributed by atoms with Gasteiger partial charge in [-0.1, -0.05) is 35.5 Å². The lowest BCUT2D eigenvalue weighted by Gasteiger charge is -2.22. The van der Waals surface area contributed by atoms with Gasteiger partial charge in [-0.25, -0.2) is 4.68 Å². The van der Waals surface area contributed by atoms with Crippen LogP contribution in [0.2, 0.25) is 0 Å². The normalized spacial score (nSPS) is 14.9. The Morgan fingerprint density at radius 2 is 1.69 bits per heavy atom. The predicted molar refractivity (Wildman–Crippen MR) is 116 cm³/mol. The van der Waals surface area contributed by atoms with Gasteiger partial charge in [0.2, 0.25) is 0 Å². The Balaban J connectivity index is 0.00000150. The topological polar surface area (TPSA) is 84.7 Å². The fourth-order valence-electron chi connectivity index (χ4n) is 3.40. The van der Waals surface area contributed by atoms with Gasteiger partial charge in [-0.05, 0) is 49.2 Å². The third-order valence-electron chi connectivity index (χ3n) is 4.87. The molecule has 9 heteroatoms. The van der Waals surface area contributed by atoms with E-state index < -0.39 is 0 Å². The largest absolute Gasteiger partial charge is 0.340 e. The summed E-state index contributed by atoms with van der Waals surface area (Å²) < 4.78 is 1.82. The van der Waals surface area contributed by atoms with Crippen molar-refractivity contribution in [3.63, 3.8) is 0 Å². The van der Waals surface area contributed by atoms with E-state index in [1.54, 1.807) is 18.6 Å². The summed E-state index contributed by atoms with van der Waals surface area (Å²) in [5.41, 5.74) is 2.31. The minimum Gasteiger partial charge on any atom is -0.340 e. The van der Waals surface area contributed by atoms with Crippen LogP contribution in [0.25, 0.3) is 0 Å². The Bertz CT molecular complexity index is 845. The number of nitrogens with one attached hydrogen (secondary N) is 2. The Morgan fingerprint density at radius 3 is 2.38 bits per heavy atom. The second kappa shape index (κ2) is 10.9. The van der Waals surface area contributed by atoms with Crippen molar-refractivity contribution in [3.8, 4) is 0 Å². The highest BCUT2D eigenvalue weighted by Crippen LogP contribution is 2.22. The fourth-order valence-corrected chi connectivity index (χ4v) is 3.40. The van der Waals surface area contributed by atoms with Crippen molar-refractivity contribution in [2.45, 2.75) is 24.9 Å². The average molecular weight is 435 g/mol. The molecule has 1 unspecified atom stereocenters. The quantitative estimate of drug-likeness (QED) is 0.644. The van der Waals surface area contributed by atoms with Crippen molar-refractivity contribution >= 4 is 30.7 Å². The lowest BCUT2D eigenvalue weighted by atomic mass is 9.99. The van der Waals surface area contributed by atoms with Gasteiger partial charge < -0.3 is 10.6 Å². The number of carbonyl (C=O) groups excluding carboxylic acids is 1. The zero-order valence-corrected chi connectivity index (χ0v) is 17.4. The van der Waals surface area contributed by atoms with Crippen molar-refractivity contribution in [2.75, 3.05) is 13.1 Å². The van der Waals surface area contributed by atoms with Crippen LogP contribution >= 0.6 is 24.8 Å². The Kier molecular flexibility index (Phi) is 8.57. The number of nitrogens with zero attached hydrogens (tertiary/aromatic N) is 4. The van der Waals surface area contributed by atoms with E-state index in [9.17, 15) is 4.79 Å². The molecule has 3 heterocycles. The standard InChI is InChI=1S/C20H22N6O.2ClH/c27-20(18-14-26(25-24-18)17-8-12-22-13-9-17)23-19(15-4-2-1-3-5-15)16-6-10-21-11-7-16;;/h1-7,10-11,14,17,19,22H,8-9,12-13H2,(H,23,27);2*1H. The highest BCUT2D eigenvalue weighted by molar-refractivity contribution is 5.92. The van der Waals surface area contributed by atoms with E-state index in [0.29, 0.717) is 11.7 Å². The van der Waals surface area contributed by atoms with Crippen LogP contribution < -0.4 is 10.6 Å². The lowest BCUT2D eigenvalue weighted by molar-refractivity contribution is 0.0938. The molecule has 2 aromatic heterocycles. The van der Waals surface area contributed by atoms with E-state index in [-0.39, 0.29) is 36.8 Å². The van der Waals surface area contributed by atoms with Gasteiger partial charge in [0.25, 0.3) is 5.91 Å². The summed E-state index contributed by atoms with van der Waals surface area (Å²) in [4.78, 5) is 16.9. The van der Waals surface area contributed by atoms with Crippen molar-refractivity contribution in [1.29, 1.82) is 0 Å². The first-order valence-electron chi connectivity index (χ1n) is 9.19. The molecular formula is C20H24Cl2N6O. The van der Waals surface area contributed by atoms with Crippen molar-refractivity contribution in [2.24, 2.45) is 0 Å². The van der Waals surface area contributed by atoms with Gasteiger partial charge in [-0.15, -0.1) is 29.9 Å². The number of benzene rings is 1. The van der Waals surface area contributed by atoms with Crippen LogP contribution in [0.4, 0.5) is 0 Å². The number of piperidine rings is 1. The van der Waals surface area contributed by atoms with Crippen LogP contribution in [0.5, 0.6) is 0 Å². The molecule has 7 nitrogen and oxygen atoms in total. The van der Waals surface area contributed by atoms with Gasteiger partial charge in [0.05, 0.1) is 18.3 Å². The van der Waals surface area contributed by atoms with E-state index in [1.165, 1.54) is 0 Å². The molecule has 1 atom stereocenters. The summed E-state index contributed by atoms with van der Waals surface area (Å²) in [7, 11) is 0. The molecule has 0 saturated carbocycles. The fraction of sp³-hybridized carbons (Fsp3) is 0.300. The van der Waals surface area contributed by atoms with E-state index in [4.69, 9.17) is 0 Å². The number of amides is 1. The van der Waals surface area contributed by atoms with Crippen LogP contribution in [0.15, 0.2) is 61.1 Å². The summed E-state index contributed by atoms with van der Waals surface area (Å²) in [5, 5.41) is 14.7. The summed E-state index contributed by atoms with van der Waals surface area (Å²) in [6.45, 7) is 1.92. The molecule has 0 spiro atoms. The second-order valence-electron chi connectivity index (χ2n) is 6.66. The molecule has 1 aliphatic heterocycles. The van der Waals surface area contributed by atoms with Gasteiger partial charge in [-0.3, -0.25) is 9.78 Å². The first-order chi connectivity index (χ1) is 13.3. The number of hydrogen-bond donors (Lipinski definition) is 2. The minimum atomic E-state index is -0.272. The number of aromatic nitrogens is 4. The van der Waals surface area contributed by atoms with Crippen LogP contribution in [0.1, 0.15) is 46.5 Å². The summed E-state index contributed by atoms with van der Waals surface area (Å²) >= 11 is 0. The Morgan fingerprint density at radius 1 is 1.03 bits per heavy atom. The summed E-state index contributed by atoms with van der Waals surface area (Å²) in [6, 6.07) is 13.7. The maximum atomic E-state index is 12.8. The van der Waals surface area contributed by atoms with Gasteiger partial charge in [-0.2, -0.15) is 0 Å². The molecule has 154 valence electrons. The van der Waals surface area contributed by atoms with Gasteiger partial charge in [0, 0.05) is 12.4 Å². The van der Waals surface area contributed by atoms with Gasteiger partial charge >= 0.3 is 0 Å². The maximum absolute atomic E-state index is 12.8. The zero-order valence-electron chi connectivity index (χ0n) is 15.8. The smallest absolute Gasteiger partial charge is 0.274 e. The number of pyridine rings is 1. The highest BCUT2D eigenvalue weighted by atomic mass is 35.5. The first-order valence-corrected chi connectivity index (χ1v) is 9.19. The molecule has 1 aliphatic rings. The Hall–Kier alpha value is -2.48. The summed E-state index contributed by atoms with van der Waals surface area (Å²) in [5.74, 6) is -0.235. The summed E-state index contributed by atoms with van der Waals surface area (Å²) in [6.07, 6.45) is 7.19. The van der Waals surface area contributed by atoms with Crippen LogP contribution in [0, 0.1) is 0 Å². The van der Waals surface area contributed by atoms with Crippen molar-refractivity contribution < 1.29 is 4.79 Å². The van der Waals surface area contributed by atoms with Crippen LogP contribution in [0.3, 0.4) is 0 Å². The number of carbonyl (C=O) groups is 1. The molecule has 0 aliphatic carbocycles. The van der Waals surface area contributed by atoms with E-state index in [1.807, 2.05) is 47.1 Å². The third-order valence-corrected chi connectivity index (χ3v) is 4.87. The van der Waals surface area contributed by atoms with Crippen molar-refractivity contribution in [1.82, 2.24) is 30.6 Å². The zero-order chi connectivity index (χ0) is 18.5. The highest BCUT2D eigenvalue weighted by Gasteiger charge is 2.22. The molecule has 29 heavy (non-hydrogen) atoms. The van der Waals surface area contributed by atoms with E-state index in [2.05, 4.69) is 25.9 Å². The molecule has 1 amide bonds. The SMILES string of the molecule is Cl.Cl.O=C(NC(c1ccccc1)c1ccncc1)c1cn(C2CCNCC2)nn1.